The number of aliphatic hydroxyl groups excluding tert-OH is 3. The third-order valence-corrected chi connectivity index (χ3v) is 16.4. The van der Waals surface area contributed by atoms with E-state index in [0.717, 1.165) is 13.3 Å². The first-order valence-corrected chi connectivity index (χ1v) is 28.7. The molecule has 3 saturated heterocycles. The number of benzene rings is 1. The van der Waals surface area contributed by atoms with Crippen molar-refractivity contribution in [1.82, 2.24) is 63.6 Å². The Hall–Kier alpha value is -6.87. The summed E-state index contributed by atoms with van der Waals surface area (Å²) in [5, 5.41) is 32.8. The van der Waals surface area contributed by atoms with Crippen molar-refractivity contribution in [3.63, 3.8) is 0 Å². The Bertz CT molecular complexity index is 3550. The van der Waals surface area contributed by atoms with Gasteiger partial charge in [-0.25, -0.2) is 32.7 Å². The lowest BCUT2D eigenvalue weighted by Crippen LogP contribution is -2.41. The van der Waals surface area contributed by atoms with Crippen molar-refractivity contribution in [3.05, 3.63) is 54.5 Å². The number of para-hydroxylation sites is 1. The molecule has 9 heterocycles. The zero-order chi connectivity index (χ0) is 62.4. The molecule has 0 amide bonds. The number of nitrogens with one attached hydrogen (secondary N) is 1. The van der Waals surface area contributed by atoms with E-state index >= 15 is 8.78 Å². The molecule has 0 spiro atoms. The number of carbonyl (C=O) groups excluding carboxylic acids is 1. The van der Waals surface area contributed by atoms with Gasteiger partial charge in [-0.1, -0.05) is 51.1 Å². The van der Waals surface area contributed by atoms with E-state index in [4.69, 9.17) is 56.8 Å². The van der Waals surface area contributed by atoms with Crippen LogP contribution in [0.2, 0.25) is 5.15 Å². The molecule has 3 fully saturated rings. The molecule has 86 heavy (non-hydrogen) atoms. The maximum absolute atomic E-state index is 16.0. The maximum atomic E-state index is 16.0. The molecule has 0 radical (unpaired) electrons. The van der Waals surface area contributed by atoms with Crippen molar-refractivity contribution in [2.75, 3.05) is 68.4 Å². The van der Waals surface area contributed by atoms with Gasteiger partial charge in [0.15, 0.2) is 80.5 Å². The summed E-state index contributed by atoms with van der Waals surface area (Å²) in [6.45, 7) is 11.5. The van der Waals surface area contributed by atoms with E-state index in [-0.39, 0.29) is 53.8 Å². The molecule has 0 aliphatic carbocycles. The van der Waals surface area contributed by atoms with E-state index in [2.05, 4.69) is 49.9 Å². The van der Waals surface area contributed by atoms with Crippen LogP contribution in [-0.4, -0.2) is 181 Å². The first kappa shape index (κ1) is 66.7. The predicted octanol–water partition coefficient (Wildman–Crippen LogP) is 5.42. The van der Waals surface area contributed by atoms with Crippen molar-refractivity contribution in [1.29, 1.82) is 0 Å². The summed E-state index contributed by atoms with van der Waals surface area (Å²) in [6, 6.07) is 7.06. The third kappa shape index (κ3) is 13.2. The largest absolute Gasteiger partial charge is 0.462 e. The topological polar surface area (TPSA) is 378 Å². The number of rotatable bonds is 16. The molecule has 3 aliphatic rings. The van der Waals surface area contributed by atoms with Crippen LogP contribution in [0.3, 0.4) is 0 Å². The smallest absolute Gasteiger partial charge is 0.459 e. The van der Waals surface area contributed by atoms with E-state index in [1.807, 2.05) is 13.8 Å². The fraction of sp³-hybridized carbons (Fsp3) is 0.577. The minimum Gasteiger partial charge on any atom is -0.462 e. The number of nitrogen functional groups attached to an aromatic ring is 3. The molecule has 0 bridgehead atoms. The van der Waals surface area contributed by atoms with E-state index < -0.39 is 99.2 Å². The standard InChI is InChI=1S/C25H35FN7O7P.C13H17ClFN5O.C13H19FN6O3.CH4/c1-14(2)38-22(35)15(3)31-41(36,40-16-10-8-7-9-11-16)37-12-17-19(34)25(4,26)23(39-17)33-13-28-18-20(32(5)6)29-24(27)30-21(18)33;1-4-7-6(2)13(3,15)11(21-7)20-5-17-8-9(14)18-12(16)19-10(8)20;1-13(14)8(22)6(4-21)23-11(13)20-5-16-7-9(19(2)3)17-12(15)18-10(7)20;/h7-11,13-15,17,19,23,34H,12H2,1-6H3,(H,31,36)(H2,27,29,30);5-7,11H,4H2,1-3H3,(H2,16,18,19);5-6,8,11,21-22H,4H2,1-3H3,(H2,15,17,18);1H4/t15-,17+,19+,23+,25+,41?;6-,7-,11-,13-;6-,8-,11-,13-;/m011./s1. The molecule has 34 heteroatoms. The highest BCUT2D eigenvalue weighted by Gasteiger charge is 2.57. The number of esters is 1. The van der Waals surface area contributed by atoms with Gasteiger partial charge in [0, 0.05) is 34.1 Å². The molecule has 10 N–H and O–H groups in total. The molecule has 3 aliphatic heterocycles. The lowest BCUT2D eigenvalue weighted by molar-refractivity contribution is -0.149. The second kappa shape index (κ2) is 25.8. The van der Waals surface area contributed by atoms with Crippen LogP contribution >= 0.6 is 19.3 Å². The number of halogens is 4. The quantitative estimate of drug-likeness (QED) is 0.0361. The molecular formula is C52H75ClF3N18O11P. The number of aromatic nitrogens is 12. The van der Waals surface area contributed by atoms with E-state index in [1.165, 1.54) is 48.9 Å². The third-order valence-electron chi connectivity index (χ3n) is 14.5. The average molecular weight is 1250 g/mol. The number of nitrogens with zero attached hydrogens (tertiary/aromatic N) is 14. The summed E-state index contributed by atoms with van der Waals surface area (Å²) < 4.78 is 97.7. The highest BCUT2D eigenvalue weighted by Crippen LogP contribution is 2.50. The van der Waals surface area contributed by atoms with Crippen LogP contribution in [0.5, 0.6) is 5.75 Å². The van der Waals surface area contributed by atoms with Crippen molar-refractivity contribution in [3.8, 4) is 5.75 Å². The van der Waals surface area contributed by atoms with Gasteiger partial charge in [-0.2, -0.15) is 35.0 Å². The summed E-state index contributed by atoms with van der Waals surface area (Å²) in [5.41, 5.74) is 13.2. The fourth-order valence-corrected chi connectivity index (χ4v) is 11.6. The number of nitrogens with two attached hydrogens (primary N) is 3. The molecule has 14 atom stereocenters. The Morgan fingerprint density at radius 1 is 0.733 bits per heavy atom. The minimum absolute atomic E-state index is 0. The monoisotopic (exact) mass is 1250 g/mol. The molecule has 1 unspecified atom stereocenters. The van der Waals surface area contributed by atoms with Gasteiger partial charge in [-0.05, 0) is 60.1 Å². The van der Waals surface area contributed by atoms with Gasteiger partial charge < -0.3 is 65.8 Å². The van der Waals surface area contributed by atoms with Crippen LogP contribution in [0.15, 0.2) is 49.3 Å². The van der Waals surface area contributed by atoms with Gasteiger partial charge in [-0.3, -0.25) is 23.0 Å². The van der Waals surface area contributed by atoms with Crippen LogP contribution in [0.25, 0.3) is 33.5 Å². The van der Waals surface area contributed by atoms with Crippen LogP contribution in [0, 0.1) is 5.92 Å². The first-order valence-electron chi connectivity index (χ1n) is 26.8. The van der Waals surface area contributed by atoms with E-state index in [9.17, 15) is 29.1 Å². The molecular weight excluding hydrogens is 1180 g/mol. The van der Waals surface area contributed by atoms with Gasteiger partial charge in [-0.15, -0.1) is 0 Å². The number of fused-ring (bicyclic) bond motifs is 3. The van der Waals surface area contributed by atoms with Crippen molar-refractivity contribution in [2.45, 2.75) is 148 Å². The molecule has 1 aromatic carbocycles. The van der Waals surface area contributed by atoms with Crippen molar-refractivity contribution in [2.24, 2.45) is 5.92 Å². The number of alkyl halides is 3. The van der Waals surface area contributed by atoms with Crippen LogP contribution < -0.4 is 36.6 Å². The van der Waals surface area contributed by atoms with Crippen molar-refractivity contribution < 1.29 is 65.8 Å². The zero-order valence-corrected chi connectivity index (χ0v) is 50.3. The zero-order valence-electron chi connectivity index (χ0n) is 48.7. The van der Waals surface area contributed by atoms with Gasteiger partial charge >= 0.3 is 13.7 Å². The Morgan fingerprint density at radius 3 is 1.60 bits per heavy atom. The normalized spacial score (nSPS) is 28.1. The Labute approximate surface area is 498 Å². The lowest BCUT2D eigenvalue weighted by atomic mass is 9.88. The Balaban J connectivity index is 0.000000199. The van der Waals surface area contributed by atoms with Gasteiger partial charge in [0.1, 0.15) is 41.7 Å². The Morgan fingerprint density at radius 2 is 1.16 bits per heavy atom. The second-order valence-corrected chi connectivity index (χ2v) is 23.8. The Kier molecular flexibility index (Phi) is 20.0. The summed E-state index contributed by atoms with van der Waals surface area (Å²) in [6.07, 6.45) is -4.59. The number of anilines is 5. The van der Waals surface area contributed by atoms with Crippen LogP contribution in [0.4, 0.5) is 42.7 Å². The molecule has 10 rings (SSSR count). The second-order valence-electron chi connectivity index (χ2n) is 21.8. The summed E-state index contributed by atoms with van der Waals surface area (Å²) >= 11 is 6.00. The number of carbonyl (C=O) groups is 1. The molecule has 472 valence electrons. The summed E-state index contributed by atoms with van der Waals surface area (Å²) in [4.78, 5) is 53.0. The molecule has 6 aromatic heterocycles. The number of hydrogen-bond donors (Lipinski definition) is 7. The number of hydrogen-bond acceptors (Lipinski definition) is 25. The lowest BCUT2D eigenvalue weighted by Gasteiger charge is -2.25. The van der Waals surface area contributed by atoms with Gasteiger partial charge in [0.05, 0.1) is 44.4 Å². The summed E-state index contributed by atoms with van der Waals surface area (Å²) in [7, 11) is 2.76. The van der Waals surface area contributed by atoms with Crippen LogP contribution in [-0.2, 0) is 32.8 Å². The summed E-state index contributed by atoms with van der Waals surface area (Å²) in [5.74, 6) is 0.155. The van der Waals surface area contributed by atoms with E-state index in [0.29, 0.717) is 39.5 Å². The minimum atomic E-state index is -4.28. The molecule has 7 aromatic rings. The fourth-order valence-electron chi connectivity index (χ4n) is 9.88. The maximum Gasteiger partial charge on any atom is 0.459 e. The number of imidazole rings is 3. The van der Waals surface area contributed by atoms with Crippen LogP contribution in [0.1, 0.15) is 87.9 Å². The number of aliphatic hydroxyl groups is 3. The van der Waals surface area contributed by atoms with Crippen molar-refractivity contribution >= 4 is 88.3 Å². The predicted molar refractivity (Wildman–Crippen MR) is 313 cm³/mol. The highest BCUT2D eigenvalue weighted by atomic mass is 35.5. The first-order chi connectivity index (χ1) is 39.8. The van der Waals surface area contributed by atoms with E-state index in [1.54, 1.807) is 86.7 Å². The molecule has 29 nitrogen and oxygen atoms in total. The number of ether oxygens (including phenoxy) is 4. The van der Waals surface area contributed by atoms with Gasteiger partial charge in [0.2, 0.25) is 17.8 Å². The van der Waals surface area contributed by atoms with Gasteiger partial charge in [0.25, 0.3) is 0 Å². The molecule has 0 saturated carbocycles. The average Bonchev–Trinajstić information content (AvgIpc) is 1.73. The SMILES string of the molecule is C.CC(C)OC(=O)[C@H](C)NP(=O)(OC[C@H]1O[C@@H](n2cnc3c(N(C)C)nc(N)nc32)[C@](C)(F)[C@@H]1O)Oc1ccccc1.CC[C@H]1O[C@@H](n2cnc3c(Cl)nc(N)nc32)[C@](C)(F)[C@@H]1C.CN(C)c1nc(N)nc2c1ncn2[C@@H]1O[C@H](CO)[C@@H](O)[C@@]1(C)F. The highest BCUT2D eigenvalue weighted by molar-refractivity contribution is 7.52.